The number of halogens is 2. The molecule has 0 bridgehead atoms. The highest BCUT2D eigenvalue weighted by atomic mass is 35.5. The van der Waals surface area contributed by atoms with Gasteiger partial charge < -0.3 is 5.73 Å². The number of rotatable bonds is 3. The zero-order chi connectivity index (χ0) is 14.9. The Morgan fingerprint density at radius 3 is 2.70 bits per heavy atom. The number of sulfone groups is 1. The van der Waals surface area contributed by atoms with E-state index in [1.165, 1.54) is 12.5 Å². The molecule has 1 aromatic heterocycles. The van der Waals surface area contributed by atoms with Crippen LogP contribution < -0.4 is 5.73 Å². The predicted molar refractivity (Wildman–Crippen MR) is 81.8 cm³/mol. The molecule has 20 heavy (non-hydrogen) atoms. The molecular formula is C13H18Cl2N2O2S. The van der Waals surface area contributed by atoms with Gasteiger partial charge in [0.15, 0.2) is 0 Å². The van der Waals surface area contributed by atoms with E-state index in [2.05, 4.69) is 4.98 Å². The second kappa shape index (κ2) is 6.18. The van der Waals surface area contributed by atoms with E-state index in [-0.39, 0.29) is 17.2 Å². The van der Waals surface area contributed by atoms with Gasteiger partial charge in [0.2, 0.25) is 0 Å². The fraction of sp³-hybridized carbons (Fsp3) is 0.615. The van der Waals surface area contributed by atoms with E-state index in [4.69, 9.17) is 28.9 Å². The van der Waals surface area contributed by atoms with Crippen LogP contribution in [0.25, 0.3) is 0 Å². The lowest BCUT2D eigenvalue weighted by atomic mass is 9.82. The molecular weight excluding hydrogens is 319 g/mol. The van der Waals surface area contributed by atoms with Gasteiger partial charge in [-0.25, -0.2) is 8.42 Å². The summed E-state index contributed by atoms with van der Waals surface area (Å²) in [4.78, 5) is 4.20. The molecule has 2 rings (SSSR count). The zero-order valence-corrected chi connectivity index (χ0v) is 13.5. The molecule has 0 amide bonds. The first kappa shape index (κ1) is 16.0. The first-order valence-electron chi connectivity index (χ1n) is 6.54. The van der Waals surface area contributed by atoms with Gasteiger partial charge in [0.05, 0.1) is 27.0 Å². The van der Waals surface area contributed by atoms with Crippen LogP contribution in [-0.2, 0) is 9.84 Å². The maximum atomic E-state index is 11.7. The number of nitrogens with two attached hydrogens (primary N) is 1. The van der Waals surface area contributed by atoms with E-state index in [0.717, 1.165) is 12.8 Å². The highest BCUT2D eigenvalue weighted by Crippen LogP contribution is 2.37. The largest absolute Gasteiger partial charge is 0.322 e. The minimum Gasteiger partial charge on any atom is -0.322 e. The molecule has 1 aliphatic rings. The van der Waals surface area contributed by atoms with Gasteiger partial charge in [-0.3, -0.25) is 4.98 Å². The highest BCUT2D eigenvalue weighted by molar-refractivity contribution is 7.91. The fourth-order valence-electron chi connectivity index (χ4n) is 2.79. The van der Waals surface area contributed by atoms with Crippen LogP contribution in [0.1, 0.15) is 37.4 Å². The van der Waals surface area contributed by atoms with Crippen LogP contribution in [0.5, 0.6) is 0 Å². The van der Waals surface area contributed by atoms with E-state index >= 15 is 0 Å². The Morgan fingerprint density at radius 2 is 2.10 bits per heavy atom. The van der Waals surface area contributed by atoms with Gasteiger partial charge in [-0.2, -0.15) is 0 Å². The molecule has 2 N–H and O–H groups in total. The molecule has 0 radical (unpaired) electrons. The lowest BCUT2D eigenvalue weighted by Gasteiger charge is -2.32. The summed E-state index contributed by atoms with van der Waals surface area (Å²) < 4.78 is 23.4. The van der Waals surface area contributed by atoms with Crippen molar-refractivity contribution in [3.05, 3.63) is 28.0 Å². The van der Waals surface area contributed by atoms with Crippen molar-refractivity contribution in [2.75, 3.05) is 6.26 Å². The number of hydrogen-bond donors (Lipinski definition) is 1. The first-order chi connectivity index (χ1) is 9.29. The average Bonchev–Trinajstić information content (AvgIpc) is 2.37. The Balaban J connectivity index is 2.18. The van der Waals surface area contributed by atoms with E-state index in [9.17, 15) is 8.42 Å². The molecule has 0 saturated heterocycles. The Hall–Kier alpha value is -0.360. The number of hydrogen-bond acceptors (Lipinski definition) is 4. The monoisotopic (exact) mass is 336 g/mol. The molecule has 1 heterocycles. The maximum Gasteiger partial charge on any atom is 0.150 e. The Bertz CT molecular complexity index is 592. The van der Waals surface area contributed by atoms with Crippen molar-refractivity contribution < 1.29 is 8.42 Å². The van der Waals surface area contributed by atoms with Crippen LogP contribution in [0.2, 0.25) is 10.0 Å². The van der Waals surface area contributed by atoms with Crippen molar-refractivity contribution in [3.63, 3.8) is 0 Å². The summed E-state index contributed by atoms with van der Waals surface area (Å²) in [5.74, 6) is 0.0784. The third-order valence-electron chi connectivity index (χ3n) is 3.93. The molecule has 3 atom stereocenters. The molecule has 1 aliphatic carbocycles. The number of aromatic nitrogens is 1. The van der Waals surface area contributed by atoms with Crippen LogP contribution in [0.15, 0.2) is 12.3 Å². The molecule has 0 spiro atoms. The molecule has 7 heteroatoms. The summed E-state index contributed by atoms with van der Waals surface area (Å²) in [5, 5.41) is 0.591. The van der Waals surface area contributed by atoms with Gasteiger partial charge in [0.1, 0.15) is 9.84 Å². The smallest absolute Gasteiger partial charge is 0.150 e. The highest BCUT2D eigenvalue weighted by Gasteiger charge is 2.33. The quantitative estimate of drug-likeness (QED) is 0.920. The average molecular weight is 337 g/mol. The number of nitrogens with zero attached hydrogens (tertiary/aromatic N) is 1. The van der Waals surface area contributed by atoms with Crippen molar-refractivity contribution in [3.8, 4) is 0 Å². The molecule has 3 unspecified atom stereocenters. The Morgan fingerprint density at radius 1 is 1.40 bits per heavy atom. The van der Waals surface area contributed by atoms with Crippen LogP contribution in [0.3, 0.4) is 0 Å². The standard InChI is InChI=1S/C13H18Cl2N2O2S/c1-20(18,19)10-4-2-3-8(5-10)12(16)13-11(15)6-9(14)7-17-13/h6-8,10,12H,2-5,16H2,1H3. The van der Waals surface area contributed by atoms with Gasteiger partial charge in [-0.15, -0.1) is 0 Å². The fourth-order valence-corrected chi connectivity index (χ4v) is 4.49. The van der Waals surface area contributed by atoms with Crippen LogP contribution in [-0.4, -0.2) is 24.9 Å². The van der Waals surface area contributed by atoms with Crippen molar-refractivity contribution in [2.45, 2.75) is 37.0 Å². The van der Waals surface area contributed by atoms with Crippen molar-refractivity contribution in [1.29, 1.82) is 0 Å². The van der Waals surface area contributed by atoms with Crippen LogP contribution in [0.4, 0.5) is 0 Å². The summed E-state index contributed by atoms with van der Waals surface area (Å²) in [5.41, 5.74) is 6.83. The maximum absolute atomic E-state index is 11.7. The lowest BCUT2D eigenvalue weighted by molar-refractivity contribution is 0.305. The van der Waals surface area contributed by atoms with Crippen molar-refractivity contribution in [1.82, 2.24) is 4.98 Å². The van der Waals surface area contributed by atoms with Crippen molar-refractivity contribution >= 4 is 33.0 Å². The summed E-state index contributed by atoms with van der Waals surface area (Å²) in [6, 6.07) is 1.26. The SMILES string of the molecule is CS(=O)(=O)C1CCCC(C(N)c2ncc(Cl)cc2Cl)C1. The molecule has 112 valence electrons. The minimum atomic E-state index is -3.02. The lowest BCUT2D eigenvalue weighted by Crippen LogP contribution is -2.33. The van der Waals surface area contributed by atoms with E-state index < -0.39 is 9.84 Å². The molecule has 1 saturated carbocycles. The normalized spacial score (nSPS) is 25.4. The third-order valence-corrected chi connectivity index (χ3v) is 6.08. The zero-order valence-electron chi connectivity index (χ0n) is 11.2. The van der Waals surface area contributed by atoms with Crippen LogP contribution >= 0.6 is 23.2 Å². The van der Waals surface area contributed by atoms with Crippen molar-refractivity contribution in [2.24, 2.45) is 11.7 Å². The molecule has 0 aliphatic heterocycles. The van der Waals surface area contributed by atoms with E-state index in [1.807, 2.05) is 0 Å². The predicted octanol–water partition coefficient (Wildman–Crippen LogP) is 2.99. The van der Waals surface area contributed by atoms with Gasteiger partial charge in [0.25, 0.3) is 0 Å². The van der Waals surface area contributed by atoms with Gasteiger partial charge in [0, 0.05) is 12.5 Å². The van der Waals surface area contributed by atoms with Crippen LogP contribution in [0, 0.1) is 5.92 Å². The molecule has 0 aromatic carbocycles. The van der Waals surface area contributed by atoms with E-state index in [0.29, 0.717) is 28.6 Å². The second-order valence-electron chi connectivity index (χ2n) is 5.42. The summed E-state index contributed by atoms with van der Waals surface area (Å²) in [6.07, 6.45) is 5.85. The summed E-state index contributed by atoms with van der Waals surface area (Å²) in [6.45, 7) is 0. The van der Waals surface area contributed by atoms with E-state index in [1.54, 1.807) is 6.07 Å². The summed E-state index contributed by atoms with van der Waals surface area (Å²) in [7, 11) is -3.02. The van der Waals surface area contributed by atoms with Gasteiger partial charge in [-0.05, 0) is 31.2 Å². The molecule has 1 fully saturated rings. The molecule has 4 nitrogen and oxygen atoms in total. The topological polar surface area (TPSA) is 73.0 Å². The first-order valence-corrected chi connectivity index (χ1v) is 9.25. The Labute approximate surface area is 129 Å². The van der Waals surface area contributed by atoms with Gasteiger partial charge in [-0.1, -0.05) is 29.6 Å². The third kappa shape index (κ3) is 3.64. The Kier molecular flexibility index (Phi) is 4.95. The van der Waals surface area contributed by atoms with Gasteiger partial charge >= 0.3 is 0 Å². The molecule has 1 aromatic rings. The second-order valence-corrected chi connectivity index (χ2v) is 8.59. The summed E-state index contributed by atoms with van der Waals surface area (Å²) >= 11 is 11.9. The minimum absolute atomic E-state index is 0.0784. The number of pyridine rings is 1.